The lowest BCUT2D eigenvalue weighted by molar-refractivity contribution is 0.118. The first-order valence-electron chi connectivity index (χ1n) is 7.63. The van der Waals surface area contributed by atoms with Crippen LogP contribution in [-0.2, 0) is 6.54 Å². The summed E-state index contributed by atoms with van der Waals surface area (Å²) < 4.78 is 14.2. The quantitative estimate of drug-likeness (QED) is 0.771. The number of rotatable bonds is 3. The number of halogens is 1. The van der Waals surface area contributed by atoms with Gasteiger partial charge in [0.25, 0.3) is 0 Å². The zero-order valence-corrected chi connectivity index (χ0v) is 12.7. The van der Waals surface area contributed by atoms with E-state index in [1.165, 1.54) is 5.56 Å². The third-order valence-electron chi connectivity index (χ3n) is 4.64. The third-order valence-corrected chi connectivity index (χ3v) is 4.64. The molecule has 1 atom stereocenters. The van der Waals surface area contributed by atoms with E-state index in [4.69, 9.17) is 0 Å². The van der Waals surface area contributed by atoms with Gasteiger partial charge in [0.1, 0.15) is 5.82 Å². The van der Waals surface area contributed by atoms with Crippen molar-refractivity contribution in [1.29, 1.82) is 0 Å². The lowest BCUT2D eigenvalue weighted by Crippen LogP contribution is -2.39. The van der Waals surface area contributed by atoms with Crippen molar-refractivity contribution in [2.75, 3.05) is 0 Å². The van der Waals surface area contributed by atoms with Gasteiger partial charge in [0.15, 0.2) is 0 Å². The topological polar surface area (TPSA) is 3.24 Å². The highest BCUT2D eigenvalue weighted by Gasteiger charge is 2.40. The highest BCUT2D eigenvalue weighted by atomic mass is 19.1. The first-order chi connectivity index (χ1) is 10.1. The van der Waals surface area contributed by atoms with Gasteiger partial charge in [-0.15, -0.1) is 0 Å². The highest BCUT2D eigenvalue weighted by Crippen LogP contribution is 2.43. The van der Waals surface area contributed by atoms with E-state index in [0.717, 1.165) is 24.9 Å². The monoisotopic (exact) mass is 283 g/mol. The molecule has 0 amide bonds. The normalized spacial score (nSPS) is 21.6. The third kappa shape index (κ3) is 2.86. The molecule has 110 valence electrons. The average Bonchev–Trinajstić information content (AvgIpc) is 2.76. The van der Waals surface area contributed by atoms with Crippen molar-refractivity contribution in [3.63, 3.8) is 0 Å². The zero-order valence-electron chi connectivity index (χ0n) is 12.7. The first-order valence-corrected chi connectivity index (χ1v) is 7.63. The van der Waals surface area contributed by atoms with Crippen LogP contribution in [0.15, 0.2) is 54.6 Å². The minimum absolute atomic E-state index is 0.0849. The molecule has 1 fully saturated rings. The predicted octanol–water partition coefficient (Wildman–Crippen LogP) is 4.94. The number of hydrogen-bond acceptors (Lipinski definition) is 1. The number of nitrogens with zero attached hydrogens (tertiary/aromatic N) is 1. The summed E-state index contributed by atoms with van der Waals surface area (Å²) in [5.41, 5.74) is 2.22. The van der Waals surface area contributed by atoms with E-state index in [0.29, 0.717) is 0 Å². The van der Waals surface area contributed by atoms with Crippen molar-refractivity contribution in [2.24, 2.45) is 0 Å². The maximum Gasteiger partial charge on any atom is 0.127 e. The summed E-state index contributed by atoms with van der Waals surface area (Å²) in [5, 5.41) is 0. The summed E-state index contributed by atoms with van der Waals surface area (Å²) in [6.07, 6.45) is 2.11. The second-order valence-corrected chi connectivity index (χ2v) is 6.50. The smallest absolute Gasteiger partial charge is 0.127 e. The van der Waals surface area contributed by atoms with Crippen molar-refractivity contribution in [2.45, 2.75) is 44.8 Å². The number of hydrogen-bond donors (Lipinski definition) is 0. The van der Waals surface area contributed by atoms with Crippen molar-refractivity contribution in [3.05, 3.63) is 71.5 Å². The van der Waals surface area contributed by atoms with Gasteiger partial charge in [-0.1, -0.05) is 48.5 Å². The maximum atomic E-state index is 14.2. The molecular formula is C19H22FN. The molecule has 1 unspecified atom stereocenters. The average molecular weight is 283 g/mol. The van der Waals surface area contributed by atoms with Crippen molar-refractivity contribution in [3.8, 4) is 0 Å². The molecular weight excluding hydrogens is 261 g/mol. The summed E-state index contributed by atoms with van der Waals surface area (Å²) in [6.45, 7) is 5.39. The van der Waals surface area contributed by atoms with Gasteiger partial charge in [-0.2, -0.15) is 0 Å². The van der Waals surface area contributed by atoms with Crippen LogP contribution in [0.2, 0.25) is 0 Å². The van der Waals surface area contributed by atoms with Gasteiger partial charge < -0.3 is 0 Å². The van der Waals surface area contributed by atoms with Crippen molar-refractivity contribution in [1.82, 2.24) is 4.90 Å². The Kier molecular flexibility index (Phi) is 3.81. The molecule has 21 heavy (non-hydrogen) atoms. The molecule has 2 aromatic carbocycles. The minimum atomic E-state index is -0.0849. The Labute approximate surface area is 126 Å². The Hall–Kier alpha value is -1.67. The molecule has 0 bridgehead atoms. The van der Waals surface area contributed by atoms with E-state index in [1.807, 2.05) is 18.2 Å². The zero-order chi connectivity index (χ0) is 14.9. The largest absolute Gasteiger partial charge is 0.287 e. The Balaban J connectivity index is 1.92. The van der Waals surface area contributed by atoms with E-state index in [-0.39, 0.29) is 17.4 Å². The van der Waals surface area contributed by atoms with Gasteiger partial charge in [0.2, 0.25) is 0 Å². The van der Waals surface area contributed by atoms with Crippen molar-refractivity contribution < 1.29 is 4.39 Å². The van der Waals surface area contributed by atoms with Crippen LogP contribution in [0.25, 0.3) is 0 Å². The van der Waals surface area contributed by atoms with Crippen LogP contribution < -0.4 is 0 Å². The molecule has 0 aromatic heterocycles. The molecule has 2 aromatic rings. The number of likely N-dealkylation sites (tertiary alicyclic amines) is 1. The molecule has 0 radical (unpaired) electrons. The van der Waals surface area contributed by atoms with Crippen LogP contribution >= 0.6 is 0 Å². The second-order valence-electron chi connectivity index (χ2n) is 6.50. The lowest BCUT2D eigenvalue weighted by Gasteiger charge is -2.36. The van der Waals surface area contributed by atoms with Crippen LogP contribution in [0.3, 0.4) is 0 Å². The van der Waals surface area contributed by atoms with E-state index in [2.05, 4.69) is 43.0 Å². The van der Waals surface area contributed by atoms with E-state index < -0.39 is 0 Å². The fraction of sp³-hybridized carbons (Fsp3) is 0.368. The molecule has 3 rings (SSSR count). The number of benzene rings is 2. The molecule has 0 aliphatic carbocycles. The van der Waals surface area contributed by atoms with Crippen LogP contribution in [-0.4, -0.2) is 10.4 Å². The minimum Gasteiger partial charge on any atom is -0.287 e. The Bertz CT molecular complexity index is 606. The molecule has 1 aliphatic rings. The lowest BCUT2D eigenvalue weighted by atomic mass is 10.0. The summed E-state index contributed by atoms with van der Waals surface area (Å²) >= 11 is 0. The maximum absolute atomic E-state index is 14.2. The summed E-state index contributed by atoms with van der Waals surface area (Å²) in [4.78, 5) is 2.45. The van der Waals surface area contributed by atoms with Gasteiger partial charge in [0, 0.05) is 23.7 Å². The van der Waals surface area contributed by atoms with Crippen molar-refractivity contribution >= 4 is 0 Å². The molecule has 2 heteroatoms. The van der Waals surface area contributed by atoms with Gasteiger partial charge in [-0.3, -0.25) is 4.90 Å². The molecule has 1 nitrogen and oxygen atoms in total. The van der Waals surface area contributed by atoms with Gasteiger partial charge in [-0.25, -0.2) is 4.39 Å². The summed E-state index contributed by atoms with van der Waals surface area (Å²) in [7, 11) is 0. The molecule has 0 spiro atoms. The molecule has 0 saturated carbocycles. The molecule has 1 aliphatic heterocycles. The highest BCUT2D eigenvalue weighted by molar-refractivity contribution is 5.24. The van der Waals surface area contributed by atoms with E-state index in [1.54, 1.807) is 12.1 Å². The SMILES string of the molecule is CC1(C)CCC(c2ccccc2F)N1Cc1ccccc1. The van der Waals surface area contributed by atoms with E-state index >= 15 is 0 Å². The van der Waals surface area contributed by atoms with Crippen LogP contribution in [0.4, 0.5) is 4.39 Å². The van der Waals surface area contributed by atoms with Gasteiger partial charge >= 0.3 is 0 Å². The van der Waals surface area contributed by atoms with E-state index in [9.17, 15) is 4.39 Å². The summed E-state index contributed by atoms with van der Waals surface area (Å²) in [6, 6.07) is 17.8. The molecule has 1 saturated heterocycles. The summed E-state index contributed by atoms with van der Waals surface area (Å²) in [5.74, 6) is -0.0849. The Morgan fingerprint density at radius 1 is 1.05 bits per heavy atom. The van der Waals surface area contributed by atoms with Crippen LogP contribution in [0, 0.1) is 5.82 Å². The Morgan fingerprint density at radius 2 is 1.71 bits per heavy atom. The standard InChI is InChI=1S/C19H22FN/c1-19(2)13-12-18(16-10-6-7-11-17(16)20)21(19)14-15-8-4-3-5-9-15/h3-11,18H,12-14H2,1-2H3. The first kappa shape index (κ1) is 14.3. The molecule has 1 heterocycles. The second kappa shape index (κ2) is 5.61. The fourth-order valence-electron chi connectivity index (χ4n) is 3.38. The predicted molar refractivity (Wildman–Crippen MR) is 84.4 cm³/mol. The fourth-order valence-corrected chi connectivity index (χ4v) is 3.38. The van der Waals surface area contributed by atoms with Gasteiger partial charge in [-0.05, 0) is 38.3 Å². The van der Waals surface area contributed by atoms with Crippen LogP contribution in [0.1, 0.15) is 43.9 Å². The molecule has 0 N–H and O–H groups in total. The Morgan fingerprint density at radius 3 is 2.43 bits per heavy atom. The van der Waals surface area contributed by atoms with Crippen LogP contribution in [0.5, 0.6) is 0 Å². The van der Waals surface area contributed by atoms with Gasteiger partial charge in [0.05, 0.1) is 0 Å².